The number of carbonyl (C=O) groups is 1. The number of nitrogens with zero attached hydrogens (tertiary/aromatic N) is 2. The zero-order valence-corrected chi connectivity index (χ0v) is 11.9. The lowest BCUT2D eigenvalue weighted by molar-refractivity contribution is -0.115. The monoisotopic (exact) mass is 294 g/mol. The summed E-state index contributed by atoms with van der Waals surface area (Å²) in [5, 5.41) is 3.12. The van der Waals surface area contributed by atoms with E-state index in [-0.39, 0.29) is 16.8 Å². The van der Waals surface area contributed by atoms with Crippen LogP contribution in [0.5, 0.6) is 0 Å². The van der Waals surface area contributed by atoms with Crippen LogP contribution in [0.1, 0.15) is 6.92 Å². The lowest BCUT2D eigenvalue weighted by Gasteiger charge is -2.12. The van der Waals surface area contributed by atoms with Crippen LogP contribution < -0.4 is 11.1 Å². The molecule has 1 amide bonds. The minimum absolute atomic E-state index is 0.00667. The first-order valence-corrected chi connectivity index (χ1v) is 6.85. The number of anilines is 2. The van der Waals surface area contributed by atoms with E-state index >= 15 is 0 Å². The molecule has 3 N–H and O–H groups in total. The molecule has 2 aromatic rings. The molecule has 0 aliphatic heterocycles. The molecule has 1 aromatic carbocycles. The van der Waals surface area contributed by atoms with Crippen molar-refractivity contribution in [2.45, 2.75) is 17.3 Å². The van der Waals surface area contributed by atoms with Gasteiger partial charge < -0.3 is 15.6 Å². The number of aryl methyl sites for hydroxylation is 1. The fraction of sp³-hybridized carbons (Fsp3) is 0.231. The SMILES string of the molecule is CC(Sc1nccn1C)C(=O)Nc1ccc(F)c(N)c1. The predicted molar refractivity (Wildman–Crippen MR) is 78.0 cm³/mol. The number of imidazole rings is 1. The van der Waals surface area contributed by atoms with E-state index in [0.29, 0.717) is 5.69 Å². The number of aromatic nitrogens is 2. The van der Waals surface area contributed by atoms with Gasteiger partial charge in [0.05, 0.1) is 10.9 Å². The van der Waals surface area contributed by atoms with Gasteiger partial charge >= 0.3 is 0 Å². The van der Waals surface area contributed by atoms with Crippen LogP contribution in [-0.2, 0) is 11.8 Å². The molecule has 0 bridgehead atoms. The number of nitrogens with one attached hydrogen (secondary N) is 1. The number of halogens is 1. The number of hydrogen-bond acceptors (Lipinski definition) is 4. The van der Waals surface area contributed by atoms with Crippen molar-refractivity contribution in [1.29, 1.82) is 0 Å². The zero-order chi connectivity index (χ0) is 14.7. The van der Waals surface area contributed by atoms with Crippen LogP contribution in [0.3, 0.4) is 0 Å². The fourth-order valence-corrected chi connectivity index (χ4v) is 2.37. The number of hydrogen-bond donors (Lipinski definition) is 2. The first-order valence-electron chi connectivity index (χ1n) is 5.97. The molecule has 0 aliphatic carbocycles. The molecular formula is C13H15FN4OS. The van der Waals surface area contributed by atoms with Crippen LogP contribution in [-0.4, -0.2) is 20.7 Å². The molecule has 1 unspecified atom stereocenters. The number of amides is 1. The lowest BCUT2D eigenvalue weighted by Crippen LogP contribution is -2.22. The predicted octanol–water partition coefficient (Wildman–Crippen LogP) is 2.26. The number of nitrogen functional groups attached to an aromatic ring is 1. The maximum atomic E-state index is 13.0. The lowest BCUT2D eigenvalue weighted by atomic mass is 10.2. The topological polar surface area (TPSA) is 72.9 Å². The summed E-state index contributed by atoms with van der Waals surface area (Å²) in [6.07, 6.45) is 3.49. The summed E-state index contributed by atoms with van der Waals surface area (Å²) in [5.74, 6) is -0.692. The molecular weight excluding hydrogens is 279 g/mol. The van der Waals surface area contributed by atoms with Crippen LogP contribution in [0.4, 0.5) is 15.8 Å². The van der Waals surface area contributed by atoms with Gasteiger partial charge in [-0.1, -0.05) is 11.8 Å². The van der Waals surface area contributed by atoms with Gasteiger partial charge in [0, 0.05) is 25.1 Å². The third kappa shape index (κ3) is 3.30. The molecule has 106 valence electrons. The molecule has 0 aliphatic rings. The van der Waals surface area contributed by atoms with E-state index in [9.17, 15) is 9.18 Å². The Morgan fingerprint density at radius 2 is 2.30 bits per heavy atom. The summed E-state index contributed by atoms with van der Waals surface area (Å²) in [4.78, 5) is 16.2. The van der Waals surface area contributed by atoms with E-state index in [1.165, 1.54) is 30.0 Å². The molecule has 1 heterocycles. The van der Waals surface area contributed by atoms with Gasteiger partial charge in [0.25, 0.3) is 0 Å². The number of thioether (sulfide) groups is 1. The molecule has 0 saturated carbocycles. The maximum Gasteiger partial charge on any atom is 0.237 e. The number of carbonyl (C=O) groups excluding carboxylic acids is 1. The highest BCUT2D eigenvalue weighted by atomic mass is 32.2. The smallest absolute Gasteiger partial charge is 0.237 e. The van der Waals surface area contributed by atoms with Crippen molar-refractivity contribution in [2.75, 3.05) is 11.1 Å². The van der Waals surface area contributed by atoms with Gasteiger partial charge in [-0.2, -0.15) is 0 Å². The van der Waals surface area contributed by atoms with E-state index in [0.717, 1.165) is 5.16 Å². The van der Waals surface area contributed by atoms with E-state index < -0.39 is 5.82 Å². The average Bonchev–Trinajstić information content (AvgIpc) is 2.79. The minimum Gasteiger partial charge on any atom is -0.396 e. The van der Waals surface area contributed by atoms with Crippen molar-refractivity contribution in [2.24, 2.45) is 7.05 Å². The Kier molecular flexibility index (Phi) is 4.29. The van der Waals surface area contributed by atoms with E-state index in [4.69, 9.17) is 5.73 Å². The second-order valence-corrected chi connectivity index (χ2v) is 5.61. The van der Waals surface area contributed by atoms with Crippen molar-refractivity contribution in [3.63, 3.8) is 0 Å². The first kappa shape index (κ1) is 14.4. The molecule has 5 nitrogen and oxygen atoms in total. The maximum absolute atomic E-state index is 13.0. The van der Waals surface area contributed by atoms with Gasteiger partial charge in [0.1, 0.15) is 5.82 Å². The molecule has 2 rings (SSSR count). The van der Waals surface area contributed by atoms with E-state index in [1.807, 2.05) is 17.8 Å². The Hall–Kier alpha value is -2.02. The highest BCUT2D eigenvalue weighted by Crippen LogP contribution is 2.23. The third-order valence-corrected chi connectivity index (χ3v) is 3.86. The first-order chi connectivity index (χ1) is 9.47. The zero-order valence-electron chi connectivity index (χ0n) is 11.1. The standard InChI is InChI=1S/C13H15FN4OS/c1-8(20-13-16-5-6-18(13)2)12(19)17-9-3-4-10(14)11(15)7-9/h3-8H,15H2,1-2H3,(H,17,19). The van der Waals surface area contributed by atoms with Crippen molar-refractivity contribution in [1.82, 2.24) is 9.55 Å². The quantitative estimate of drug-likeness (QED) is 0.670. The van der Waals surface area contributed by atoms with Crippen molar-refractivity contribution >= 4 is 29.0 Å². The van der Waals surface area contributed by atoms with E-state index in [1.54, 1.807) is 13.1 Å². The van der Waals surface area contributed by atoms with Gasteiger partial charge in [-0.15, -0.1) is 0 Å². The second kappa shape index (κ2) is 5.96. The highest BCUT2D eigenvalue weighted by molar-refractivity contribution is 8.00. The molecule has 20 heavy (non-hydrogen) atoms. The molecule has 0 fully saturated rings. The summed E-state index contributed by atoms with van der Waals surface area (Å²) < 4.78 is 14.9. The van der Waals surface area contributed by atoms with Crippen LogP contribution in [0, 0.1) is 5.82 Å². The molecule has 7 heteroatoms. The number of nitrogens with two attached hydrogens (primary N) is 1. The van der Waals surface area contributed by atoms with Gasteiger partial charge in [0.2, 0.25) is 5.91 Å². The van der Waals surface area contributed by atoms with Crippen LogP contribution in [0.15, 0.2) is 35.7 Å². The van der Waals surface area contributed by atoms with Crippen LogP contribution in [0.2, 0.25) is 0 Å². The number of rotatable bonds is 4. The normalized spacial score (nSPS) is 12.2. The van der Waals surface area contributed by atoms with Gasteiger partial charge in [0.15, 0.2) is 5.16 Å². The Bertz CT molecular complexity index is 629. The number of benzene rings is 1. The molecule has 0 radical (unpaired) electrons. The summed E-state index contributed by atoms with van der Waals surface area (Å²) in [6.45, 7) is 1.78. The Balaban J connectivity index is 2.00. The second-order valence-electron chi connectivity index (χ2n) is 4.31. The molecule has 0 spiro atoms. The summed E-state index contributed by atoms with van der Waals surface area (Å²) in [5.41, 5.74) is 5.94. The van der Waals surface area contributed by atoms with Crippen molar-refractivity contribution in [3.05, 3.63) is 36.4 Å². The summed E-state index contributed by atoms with van der Waals surface area (Å²) in [7, 11) is 1.86. The Morgan fingerprint density at radius 3 is 2.90 bits per heavy atom. The Morgan fingerprint density at radius 1 is 1.55 bits per heavy atom. The van der Waals surface area contributed by atoms with Gasteiger partial charge in [-0.05, 0) is 25.1 Å². The van der Waals surface area contributed by atoms with Gasteiger partial charge in [-0.25, -0.2) is 9.37 Å². The average molecular weight is 294 g/mol. The fourth-order valence-electron chi connectivity index (χ4n) is 1.54. The Labute approximate surface area is 120 Å². The highest BCUT2D eigenvalue weighted by Gasteiger charge is 2.17. The summed E-state index contributed by atoms with van der Waals surface area (Å²) >= 11 is 1.35. The van der Waals surface area contributed by atoms with Gasteiger partial charge in [-0.3, -0.25) is 4.79 Å². The third-order valence-electron chi connectivity index (χ3n) is 2.69. The van der Waals surface area contributed by atoms with Crippen molar-refractivity contribution in [3.8, 4) is 0 Å². The van der Waals surface area contributed by atoms with E-state index in [2.05, 4.69) is 10.3 Å². The molecule has 0 saturated heterocycles. The molecule has 1 aromatic heterocycles. The largest absolute Gasteiger partial charge is 0.396 e. The van der Waals surface area contributed by atoms with Crippen LogP contribution in [0.25, 0.3) is 0 Å². The van der Waals surface area contributed by atoms with Crippen molar-refractivity contribution < 1.29 is 9.18 Å². The molecule has 1 atom stereocenters. The summed E-state index contributed by atoms with van der Waals surface area (Å²) in [6, 6.07) is 4.09. The minimum atomic E-state index is -0.501. The van der Waals surface area contributed by atoms with Crippen LogP contribution >= 0.6 is 11.8 Å².